The van der Waals surface area contributed by atoms with Gasteiger partial charge in [0.15, 0.2) is 37.7 Å². The van der Waals surface area contributed by atoms with Crippen LogP contribution in [0.1, 0.15) is 207 Å². The maximum atomic E-state index is 13.6. The summed E-state index contributed by atoms with van der Waals surface area (Å²) in [5.41, 5.74) is 0. The molecule has 654 valence electrons. The Labute approximate surface area is 656 Å². The van der Waals surface area contributed by atoms with Crippen molar-refractivity contribution in [3.63, 3.8) is 0 Å². The predicted octanol–water partition coefficient (Wildman–Crippen LogP) is -2.42. The van der Waals surface area contributed by atoms with Crippen LogP contribution in [-0.2, 0) is 71.2 Å². The summed E-state index contributed by atoms with van der Waals surface area (Å²) in [7, 11) is 0. The number of nitrogens with one attached hydrogen (secondary N) is 3. The number of aliphatic hydroxyl groups excluding tert-OH is 18. The van der Waals surface area contributed by atoms with E-state index in [2.05, 4.69) is 29.8 Å². The van der Waals surface area contributed by atoms with Gasteiger partial charge in [-0.3, -0.25) is 14.4 Å². The number of hydrogen-bond donors (Lipinski definition) is 21. The molecular weight excluding hydrogens is 1480 g/mol. The van der Waals surface area contributed by atoms with E-state index >= 15 is 0 Å². The fourth-order valence-electron chi connectivity index (χ4n) is 15.0. The molecule has 36 nitrogen and oxygen atoms in total. The highest BCUT2D eigenvalue weighted by Crippen LogP contribution is 2.37. The first-order chi connectivity index (χ1) is 53.8. The molecule has 6 saturated heterocycles. The number of carbonyl (C=O) groups excluding carboxylic acids is 3. The number of hydrogen-bond acceptors (Lipinski definition) is 33. The Morgan fingerprint density at radius 3 is 1.19 bits per heavy atom. The molecule has 112 heavy (non-hydrogen) atoms. The minimum Gasteiger partial charge on any atom is -0.394 e. The monoisotopic (exact) mass is 1620 g/mol. The van der Waals surface area contributed by atoms with Gasteiger partial charge in [-0.2, -0.15) is 0 Å². The second kappa shape index (κ2) is 52.1. The summed E-state index contributed by atoms with van der Waals surface area (Å²) < 4.78 is 71.3. The first kappa shape index (κ1) is 97.8. The van der Waals surface area contributed by atoms with Crippen molar-refractivity contribution in [1.29, 1.82) is 0 Å². The Bertz CT molecular complexity index is 2600. The minimum atomic E-state index is -2.34. The Kier molecular flexibility index (Phi) is 45.5. The van der Waals surface area contributed by atoms with Gasteiger partial charge in [0.1, 0.15) is 146 Å². The zero-order chi connectivity index (χ0) is 82.0. The number of amides is 3. The first-order valence-corrected chi connectivity index (χ1v) is 41.0. The van der Waals surface area contributed by atoms with Crippen LogP contribution in [-0.4, -0.2) is 352 Å². The SMILES string of the molecule is CCCCCCCCCCCCC/C=C/[C@@H](O)[C@H](CO[C@@H]1OC(CO)[C@@H](O[C@@H]2OC(CO[C@@H]3OC(CO)[C@@H](O[C@@H]4OC(CO)[C@H](O)[C@H](O)C4O)[C@H](O)C3NC(C)=O)[C@H](O)[C@H](O[C@H]3OC(CO)[C@H](O)[C@H](O[C@@H]4OC(CO)[C@H](O)[C@H](O)C4NC(C)=O)C3O)C2O)[C@H](O)C1O)NC(=O)CCCCCCCCCCCCCCCCC. The second-order valence-electron chi connectivity index (χ2n) is 30.7. The van der Waals surface area contributed by atoms with E-state index in [1.807, 2.05) is 6.08 Å². The van der Waals surface area contributed by atoms with Crippen molar-refractivity contribution in [3.05, 3.63) is 12.2 Å². The van der Waals surface area contributed by atoms with E-state index in [0.29, 0.717) is 12.8 Å². The lowest BCUT2D eigenvalue weighted by Gasteiger charge is -2.50. The third-order valence-electron chi connectivity index (χ3n) is 21.7. The van der Waals surface area contributed by atoms with Gasteiger partial charge < -0.3 is 165 Å². The van der Waals surface area contributed by atoms with Crippen molar-refractivity contribution in [2.75, 3.05) is 46.2 Å². The Morgan fingerprint density at radius 1 is 0.357 bits per heavy atom. The minimum absolute atomic E-state index is 0.144. The van der Waals surface area contributed by atoms with Crippen molar-refractivity contribution in [1.82, 2.24) is 16.0 Å². The Morgan fingerprint density at radius 2 is 0.714 bits per heavy atom. The predicted molar refractivity (Wildman–Crippen MR) is 394 cm³/mol. The third kappa shape index (κ3) is 29.7. The summed E-state index contributed by atoms with van der Waals surface area (Å²) in [4.78, 5) is 38.8. The number of allylic oxidation sites excluding steroid dienone is 1. The van der Waals surface area contributed by atoms with Crippen LogP contribution in [0, 0.1) is 0 Å². The van der Waals surface area contributed by atoms with E-state index in [1.54, 1.807) is 6.08 Å². The summed E-state index contributed by atoms with van der Waals surface area (Å²) in [5.74, 6) is -1.97. The van der Waals surface area contributed by atoms with Gasteiger partial charge >= 0.3 is 0 Å². The molecule has 0 aliphatic carbocycles. The molecule has 12 unspecified atom stereocenters. The molecule has 0 spiro atoms. The molecule has 6 heterocycles. The highest BCUT2D eigenvalue weighted by Gasteiger charge is 2.58. The van der Waals surface area contributed by atoms with E-state index in [-0.39, 0.29) is 12.3 Å². The maximum absolute atomic E-state index is 13.6. The molecular formula is C76H137N3O33. The summed E-state index contributed by atoms with van der Waals surface area (Å²) in [6, 6.07) is -4.48. The van der Waals surface area contributed by atoms with Crippen LogP contribution in [0.2, 0.25) is 0 Å². The lowest BCUT2D eigenvalue weighted by atomic mass is 9.94. The molecule has 0 saturated carbocycles. The van der Waals surface area contributed by atoms with Crippen LogP contribution in [0.4, 0.5) is 0 Å². The van der Waals surface area contributed by atoms with Gasteiger partial charge in [-0.25, -0.2) is 0 Å². The standard InChI is InChI=1S/C76H137N3O33/c1-5-7-9-11-13-15-17-19-20-22-24-26-28-30-32-34-52(88)79-44(45(87)33-31-29-27-25-23-21-18-16-14-12-10-8-6-2)40-101-73-64(98)62(96)68(50(39-84)107-73)110-76-66(100)70(112-75-65(99)69(57(91)48(37-82)105-75)111-72-53(77-42(3)85)59(93)55(89)46(35-80)103-72)58(92)51(108-76)41-102-71-54(78-43(4)86)60(94)67(49(38-83)106-71)109-74-63(97)61(95)56(90)47(36-81)104-74/h31,33,44-51,53-76,80-84,87,89-100H,5-30,32,34-41H2,1-4H3,(H,77,85)(H,78,86)(H,79,88)/b33-31+/t44-,45+,46?,47?,48?,49?,50?,51?,53?,54?,55-,56-,57-,58-,59+,60+,61-,62+,63?,64?,65?,66?,67+,68+,69-,70-,71+,72-,73+,74-,75+,76-/m0/s1. The molecule has 36 heteroatoms. The van der Waals surface area contributed by atoms with Gasteiger partial charge in [0.25, 0.3) is 0 Å². The Hall–Kier alpha value is -3.05. The van der Waals surface area contributed by atoms with Crippen molar-refractivity contribution in [2.45, 2.75) is 404 Å². The number of carbonyl (C=O) groups is 3. The fraction of sp³-hybridized carbons (Fsp3) is 0.934. The molecule has 0 aromatic rings. The molecule has 6 aliphatic rings. The lowest BCUT2D eigenvalue weighted by Crippen LogP contribution is -2.69. The average Bonchev–Trinajstić information content (AvgIpc) is 0.775. The van der Waals surface area contributed by atoms with Gasteiger partial charge in [-0.1, -0.05) is 180 Å². The smallest absolute Gasteiger partial charge is 0.220 e. The highest BCUT2D eigenvalue weighted by atomic mass is 16.8. The maximum Gasteiger partial charge on any atom is 0.220 e. The summed E-state index contributed by atoms with van der Waals surface area (Å²) in [6.07, 6.45) is -21.8. The van der Waals surface area contributed by atoms with Crippen molar-refractivity contribution in [3.8, 4) is 0 Å². The molecule has 6 aliphatic heterocycles. The van der Waals surface area contributed by atoms with Crippen LogP contribution < -0.4 is 16.0 Å². The summed E-state index contributed by atoms with van der Waals surface area (Å²) in [6.45, 7) is 0.190. The van der Waals surface area contributed by atoms with Crippen LogP contribution in [0.25, 0.3) is 0 Å². The van der Waals surface area contributed by atoms with Crippen LogP contribution in [0.5, 0.6) is 0 Å². The van der Waals surface area contributed by atoms with E-state index in [0.717, 1.165) is 65.2 Å². The van der Waals surface area contributed by atoms with Gasteiger partial charge in [-0.15, -0.1) is 0 Å². The van der Waals surface area contributed by atoms with E-state index < -0.39 is 254 Å². The normalized spacial score (nSPS) is 37.2. The fourth-order valence-corrected chi connectivity index (χ4v) is 15.0. The average molecular weight is 1620 g/mol. The van der Waals surface area contributed by atoms with Gasteiger partial charge in [-0.05, 0) is 19.3 Å². The van der Waals surface area contributed by atoms with Crippen LogP contribution in [0.3, 0.4) is 0 Å². The Balaban J connectivity index is 1.20. The zero-order valence-corrected chi connectivity index (χ0v) is 65.6. The number of ether oxygens (including phenoxy) is 12. The van der Waals surface area contributed by atoms with E-state index in [9.17, 15) is 106 Å². The molecule has 0 radical (unpaired) electrons. The van der Waals surface area contributed by atoms with Gasteiger partial charge in [0, 0.05) is 20.3 Å². The first-order valence-electron chi connectivity index (χ1n) is 41.0. The van der Waals surface area contributed by atoms with Gasteiger partial charge in [0.05, 0.1) is 58.4 Å². The highest BCUT2D eigenvalue weighted by molar-refractivity contribution is 5.76. The summed E-state index contributed by atoms with van der Waals surface area (Å²) in [5, 5.41) is 209. The molecule has 6 rings (SSSR count). The molecule has 21 N–H and O–H groups in total. The third-order valence-corrected chi connectivity index (χ3v) is 21.7. The quantitative estimate of drug-likeness (QED) is 0.0222. The van der Waals surface area contributed by atoms with E-state index in [1.165, 1.54) is 109 Å². The molecule has 0 bridgehead atoms. The second-order valence-corrected chi connectivity index (χ2v) is 30.7. The van der Waals surface area contributed by atoms with Crippen molar-refractivity contribution >= 4 is 17.7 Å². The molecule has 0 aromatic carbocycles. The summed E-state index contributed by atoms with van der Waals surface area (Å²) >= 11 is 0. The number of rotatable bonds is 52. The zero-order valence-electron chi connectivity index (χ0n) is 65.6. The van der Waals surface area contributed by atoms with Crippen molar-refractivity contribution < 1.29 is 163 Å². The largest absolute Gasteiger partial charge is 0.394 e. The molecule has 0 aromatic heterocycles. The molecule has 32 atom stereocenters. The lowest BCUT2D eigenvalue weighted by molar-refractivity contribution is -0.390. The van der Waals surface area contributed by atoms with E-state index in [4.69, 9.17) is 56.8 Å². The van der Waals surface area contributed by atoms with Crippen LogP contribution in [0.15, 0.2) is 12.2 Å². The van der Waals surface area contributed by atoms with Gasteiger partial charge in [0.2, 0.25) is 17.7 Å². The topological polar surface area (TPSA) is 562 Å². The number of unbranched alkanes of at least 4 members (excludes halogenated alkanes) is 25. The van der Waals surface area contributed by atoms with Crippen molar-refractivity contribution in [2.24, 2.45) is 0 Å². The molecule has 3 amide bonds. The van der Waals surface area contributed by atoms with Crippen LogP contribution >= 0.6 is 0 Å². The number of aliphatic hydroxyl groups is 18. The molecule has 6 fully saturated rings.